The van der Waals surface area contributed by atoms with Gasteiger partial charge in [0, 0.05) is 56.1 Å². The van der Waals surface area contributed by atoms with Crippen molar-refractivity contribution in [3.63, 3.8) is 0 Å². The van der Waals surface area contributed by atoms with E-state index in [1.807, 2.05) is 6.92 Å². The van der Waals surface area contributed by atoms with Crippen LogP contribution in [0.25, 0.3) is 0 Å². The van der Waals surface area contributed by atoms with Crippen LogP contribution >= 0.6 is 0 Å². The molecule has 176 valence electrons. The molecular weight excluding hydrogens is 408 g/mol. The number of likely N-dealkylation sites (tertiary alicyclic amines) is 2. The number of nitrogens with zero attached hydrogens (tertiary/aromatic N) is 2. The molecule has 3 aliphatic rings. The molecule has 5 rings (SSSR count). The van der Waals surface area contributed by atoms with Crippen LogP contribution in [0.5, 0.6) is 0 Å². The molecule has 1 amide bonds. The predicted octanol–water partition coefficient (Wildman–Crippen LogP) is 3.33. The third-order valence-electron chi connectivity index (χ3n) is 8.02. The molecule has 0 aliphatic carbocycles. The third-order valence-corrected chi connectivity index (χ3v) is 8.02. The van der Waals surface area contributed by atoms with E-state index in [2.05, 4.69) is 75.8 Å². The Morgan fingerprint density at radius 2 is 1.61 bits per heavy atom. The summed E-state index contributed by atoms with van der Waals surface area (Å²) in [6, 6.07) is 22.1. The van der Waals surface area contributed by atoms with Gasteiger partial charge in [0.2, 0.25) is 5.91 Å². The van der Waals surface area contributed by atoms with E-state index in [9.17, 15) is 4.79 Å². The fourth-order valence-electron chi connectivity index (χ4n) is 6.06. The Morgan fingerprint density at radius 3 is 2.24 bits per heavy atom. The molecule has 5 atom stereocenters. The van der Waals surface area contributed by atoms with Crippen LogP contribution in [0.4, 0.5) is 0 Å². The molecular formula is C28H38N4O. The zero-order chi connectivity index (χ0) is 22.8. The number of carbonyl (C=O) groups is 1. The maximum Gasteiger partial charge on any atom is 0.240 e. The van der Waals surface area contributed by atoms with Gasteiger partial charge in [0.15, 0.2) is 0 Å². The molecule has 3 aliphatic heterocycles. The molecule has 0 saturated carbocycles. The number of piperidine rings is 1. The van der Waals surface area contributed by atoms with Crippen molar-refractivity contribution in [2.24, 2.45) is 5.73 Å². The Bertz CT molecular complexity index is 912. The summed E-state index contributed by atoms with van der Waals surface area (Å²) in [4.78, 5) is 18.5. The monoisotopic (exact) mass is 446 g/mol. The highest BCUT2D eigenvalue weighted by Gasteiger charge is 2.42. The first-order valence-electron chi connectivity index (χ1n) is 12.7. The molecule has 5 nitrogen and oxygen atoms in total. The van der Waals surface area contributed by atoms with E-state index < -0.39 is 0 Å². The summed E-state index contributed by atoms with van der Waals surface area (Å²) >= 11 is 0. The van der Waals surface area contributed by atoms with Crippen LogP contribution in [-0.2, 0) is 4.79 Å². The highest BCUT2D eigenvalue weighted by Crippen LogP contribution is 2.35. The van der Waals surface area contributed by atoms with Crippen molar-refractivity contribution in [2.75, 3.05) is 26.2 Å². The molecule has 5 heteroatoms. The van der Waals surface area contributed by atoms with Crippen molar-refractivity contribution in [3.8, 4) is 0 Å². The molecule has 3 saturated heterocycles. The molecule has 2 aromatic carbocycles. The van der Waals surface area contributed by atoms with Crippen LogP contribution in [0.1, 0.15) is 55.6 Å². The fraction of sp³-hybridized carbons (Fsp3) is 0.536. The molecule has 3 heterocycles. The third kappa shape index (κ3) is 5.01. The summed E-state index contributed by atoms with van der Waals surface area (Å²) in [6.07, 6.45) is 4.10. The van der Waals surface area contributed by atoms with Gasteiger partial charge in [-0.15, -0.1) is 0 Å². The van der Waals surface area contributed by atoms with Gasteiger partial charge in [-0.25, -0.2) is 0 Å². The lowest BCUT2D eigenvalue weighted by Crippen LogP contribution is -2.58. The van der Waals surface area contributed by atoms with E-state index >= 15 is 0 Å². The topological polar surface area (TPSA) is 61.6 Å². The lowest BCUT2D eigenvalue weighted by atomic mass is 9.90. The molecule has 3 N–H and O–H groups in total. The normalized spacial score (nSPS) is 29.6. The summed E-state index contributed by atoms with van der Waals surface area (Å²) in [5, 5.41) is 3.58. The van der Waals surface area contributed by atoms with Gasteiger partial charge >= 0.3 is 0 Å². The van der Waals surface area contributed by atoms with Gasteiger partial charge in [-0.3, -0.25) is 9.69 Å². The Morgan fingerprint density at radius 1 is 0.970 bits per heavy atom. The molecule has 33 heavy (non-hydrogen) atoms. The lowest BCUT2D eigenvalue weighted by Gasteiger charge is -2.43. The van der Waals surface area contributed by atoms with Crippen LogP contribution in [-0.4, -0.2) is 66.1 Å². The average Bonchev–Trinajstić information content (AvgIpc) is 3.25. The zero-order valence-corrected chi connectivity index (χ0v) is 19.8. The van der Waals surface area contributed by atoms with Crippen molar-refractivity contribution in [1.82, 2.24) is 15.1 Å². The second-order valence-corrected chi connectivity index (χ2v) is 10.4. The SMILES string of the molecule is CC(N)C1CCCC(C(=O)N2CC(c3ccccc3)CC2CN2CC(c3ccccc3)C2)N1. The fourth-order valence-corrected chi connectivity index (χ4v) is 6.06. The highest BCUT2D eigenvalue weighted by atomic mass is 16.2. The highest BCUT2D eigenvalue weighted by molar-refractivity contribution is 5.83. The summed E-state index contributed by atoms with van der Waals surface area (Å²) in [6.45, 7) is 6.02. The molecule has 0 aromatic heterocycles. The van der Waals surface area contributed by atoms with Crippen molar-refractivity contribution in [2.45, 2.75) is 68.6 Å². The van der Waals surface area contributed by atoms with E-state index in [1.165, 1.54) is 11.1 Å². The molecule has 2 aromatic rings. The van der Waals surface area contributed by atoms with Crippen molar-refractivity contribution < 1.29 is 4.79 Å². The van der Waals surface area contributed by atoms with Gasteiger partial charge in [-0.2, -0.15) is 0 Å². The van der Waals surface area contributed by atoms with Crippen LogP contribution in [0, 0.1) is 0 Å². The molecule has 5 unspecified atom stereocenters. The van der Waals surface area contributed by atoms with Crippen LogP contribution in [0.15, 0.2) is 60.7 Å². The second kappa shape index (κ2) is 9.96. The first kappa shape index (κ1) is 22.6. The minimum atomic E-state index is -0.0970. The van der Waals surface area contributed by atoms with Crippen LogP contribution in [0.2, 0.25) is 0 Å². The summed E-state index contributed by atoms with van der Waals surface area (Å²) in [5.74, 6) is 1.32. The molecule has 3 fully saturated rings. The summed E-state index contributed by atoms with van der Waals surface area (Å²) < 4.78 is 0. The number of hydrogen-bond donors (Lipinski definition) is 2. The van der Waals surface area contributed by atoms with Crippen molar-refractivity contribution in [3.05, 3.63) is 71.8 Å². The van der Waals surface area contributed by atoms with Crippen LogP contribution in [0.3, 0.4) is 0 Å². The number of benzene rings is 2. The summed E-state index contributed by atoms with van der Waals surface area (Å²) in [5.41, 5.74) is 8.96. The minimum Gasteiger partial charge on any atom is -0.336 e. The van der Waals surface area contributed by atoms with Crippen molar-refractivity contribution >= 4 is 5.91 Å². The number of nitrogens with two attached hydrogens (primary N) is 1. The zero-order valence-electron chi connectivity index (χ0n) is 19.8. The average molecular weight is 447 g/mol. The number of nitrogens with one attached hydrogen (secondary N) is 1. The van der Waals surface area contributed by atoms with Crippen molar-refractivity contribution in [1.29, 1.82) is 0 Å². The number of hydrogen-bond acceptors (Lipinski definition) is 4. The van der Waals surface area contributed by atoms with E-state index in [1.54, 1.807) is 0 Å². The maximum absolute atomic E-state index is 13.7. The second-order valence-electron chi connectivity index (χ2n) is 10.4. The van der Waals surface area contributed by atoms with Crippen LogP contribution < -0.4 is 11.1 Å². The molecule has 0 spiro atoms. The smallest absolute Gasteiger partial charge is 0.240 e. The standard InChI is InChI=1S/C28H38N4O/c1-20(29)26-13-8-14-27(30-26)28(33)32-18-23(21-9-4-2-5-10-21)15-25(32)19-31-16-24(17-31)22-11-6-3-7-12-22/h2-7,9-12,20,23-27,30H,8,13-19,29H2,1H3. The van der Waals surface area contributed by atoms with E-state index in [0.29, 0.717) is 11.8 Å². The first-order chi connectivity index (χ1) is 16.1. The molecule has 0 bridgehead atoms. The van der Waals surface area contributed by atoms with E-state index in [4.69, 9.17) is 5.73 Å². The number of rotatable bonds is 6. The largest absolute Gasteiger partial charge is 0.336 e. The Hall–Kier alpha value is -2.21. The van der Waals surface area contributed by atoms with Gasteiger partial charge in [0.25, 0.3) is 0 Å². The van der Waals surface area contributed by atoms with Gasteiger partial charge < -0.3 is 16.0 Å². The Balaban J connectivity index is 1.27. The minimum absolute atomic E-state index is 0.0723. The van der Waals surface area contributed by atoms with Gasteiger partial charge in [-0.1, -0.05) is 60.7 Å². The van der Waals surface area contributed by atoms with E-state index in [-0.39, 0.29) is 30.1 Å². The Kier molecular flexibility index (Phi) is 6.81. The van der Waals surface area contributed by atoms with E-state index in [0.717, 1.165) is 51.9 Å². The lowest BCUT2D eigenvalue weighted by molar-refractivity contribution is -0.135. The van der Waals surface area contributed by atoms with Gasteiger partial charge in [0.05, 0.1) is 6.04 Å². The van der Waals surface area contributed by atoms with Gasteiger partial charge in [-0.05, 0) is 43.7 Å². The Labute approximate surface area is 198 Å². The first-order valence-corrected chi connectivity index (χ1v) is 12.7. The quantitative estimate of drug-likeness (QED) is 0.715. The van der Waals surface area contributed by atoms with Gasteiger partial charge in [0.1, 0.15) is 0 Å². The summed E-state index contributed by atoms with van der Waals surface area (Å²) in [7, 11) is 0. The molecule has 0 radical (unpaired) electrons. The number of amides is 1. The number of carbonyl (C=O) groups excluding carboxylic acids is 1. The maximum atomic E-state index is 13.7. The predicted molar refractivity (Wildman–Crippen MR) is 133 cm³/mol.